The van der Waals surface area contributed by atoms with Crippen LogP contribution < -0.4 is 10.2 Å². The number of carbonyl (C=O) groups excluding carboxylic acids is 1. The van der Waals surface area contributed by atoms with Crippen molar-refractivity contribution in [3.8, 4) is 0 Å². The van der Waals surface area contributed by atoms with Crippen LogP contribution >= 0.6 is 23.2 Å². The van der Waals surface area contributed by atoms with Gasteiger partial charge >= 0.3 is 0 Å². The van der Waals surface area contributed by atoms with Crippen molar-refractivity contribution in [3.05, 3.63) is 46.2 Å². The molecule has 0 spiro atoms. The second-order valence-corrected chi connectivity index (χ2v) is 7.51. The number of benzene rings is 1. The molecule has 1 fully saturated rings. The number of amides is 1. The second kappa shape index (κ2) is 7.32. The van der Waals surface area contributed by atoms with E-state index >= 15 is 0 Å². The van der Waals surface area contributed by atoms with Gasteiger partial charge in [-0.2, -0.15) is 4.52 Å². The summed E-state index contributed by atoms with van der Waals surface area (Å²) in [6.45, 7) is 3.31. The van der Waals surface area contributed by atoms with Gasteiger partial charge in [-0.15, -0.1) is 15.3 Å². The summed E-state index contributed by atoms with van der Waals surface area (Å²) in [7, 11) is 0. The molecule has 1 aliphatic heterocycles. The molecule has 2 aromatic heterocycles. The third-order valence-corrected chi connectivity index (χ3v) is 5.09. The highest BCUT2D eigenvalue weighted by Crippen LogP contribution is 2.26. The predicted molar refractivity (Wildman–Crippen MR) is 106 cm³/mol. The smallest absolute Gasteiger partial charge is 0.229 e. The topological polar surface area (TPSA) is 75.4 Å². The Balaban J connectivity index is 1.49. The monoisotopic (exact) mass is 404 g/mol. The number of fused-ring (bicyclic) bond motifs is 1. The number of aryl methyl sites for hydroxylation is 1. The predicted octanol–water partition coefficient (Wildman–Crippen LogP) is 3.59. The third-order valence-electron chi connectivity index (χ3n) is 4.65. The average molecular weight is 405 g/mol. The van der Waals surface area contributed by atoms with Gasteiger partial charge < -0.3 is 10.2 Å². The first-order valence-electron chi connectivity index (χ1n) is 8.70. The molecular formula is C18H18Cl2N6O. The van der Waals surface area contributed by atoms with Crippen LogP contribution in [0.3, 0.4) is 0 Å². The highest BCUT2D eigenvalue weighted by molar-refractivity contribution is 6.35. The number of hydrogen-bond donors (Lipinski definition) is 1. The fourth-order valence-corrected chi connectivity index (χ4v) is 3.85. The van der Waals surface area contributed by atoms with Crippen molar-refractivity contribution < 1.29 is 4.79 Å². The minimum Gasteiger partial charge on any atom is -0.354 e. The maximum absolute atomic E-state index is 12.7. The molecular weight excluding hydrogens is 387 g/mol. The lowest BCUT2D eigenvalue weighted by molar-refractivity contribution is -0.120. The number of aromatic nitrogens is 4. The van der Waals surface area contributed by atoms with Crippen LogP contribution in [0.1, 0.15) is 18.7 Å². The molecule has 1 atom stereocenters. The van der Waals surface area contributed by atoms with Crippen LogP contribution in [-0.4, -0.2) is 38.8 Å². The molecule has 0 saturated carbocycles. The lowest BCUT2D eigenvalue weighted by Gasteiger charge is -2.32. The van der Waals surface area contributed by atoms with E-state index in [1.165, 1.54) is 0 Å². The largest absolute Gasteiger partial charge is 0.354 e. The highest BCUT2D eigenvalue weighted by atomic mass is 35.5. The summed E-state index contributed by atoms with van der Waals surface area (Å²) < 4.78 is 1.72. The van der Waals surface area contributed by atoms with Crippen LogP contribution in [0.25, 0.3) is 5.65 Å². The fraction of sp³-hybridized carbons (Fsp3) is 0.333. The molecule has 0 bridgehead atoms. The number of halogens is 2. The summed E-state index contributed by atoms with van der Waals surface area (Å²) in [4.78, 5) is 14.8. The lowest BCUT2D eigenvalue weighted by Crippen LogP contribution is -2.41. The van der Waals surface area contributed by atoms with E-state index in [0.717, 1.165) is 31.0 Å². The van der Waals surface area contributed by atoms with Crippen LogP contribution in [0.2, 0.25) is 10.0 Å². The zero-order valence-electron chi connectivity index (χ0n) is 14.7. The molecule has 27 heavy (non-hydrogen) atoms. The number of nitrogens with one attached hydrogen (secondary N) is 1. The van der Waals surface area contributed by atoms with Gasteiger partial charge in [0.05, 0.1) is 5.92 Å². The quantitative estimate of drug-likeness (QED) is 0.721. The van der Waals surface area contributed by atoms with Crippen molar-refractivity contribution in [3.63, 3.8) is 0 Å². The molecule has 1 aliphatic rings. The normalized spacial score (nSPS) is 17.3. The molecule has 3 heterocycles. The van der Waals surface area contributed by atoms with E-state index in [0.29, 0.717) is 27.9 Å². The van der Waals surface area contributed by atoms with E-state index in [2.05, 4.69) is 25.5 Å². The van der Waals surface area contributed by atoms with Gasteiger partial charge in [0.2, 0.25) is 5.91 Å². The number of anilines is 2. The van der Waals surface area contributed by atoms with Gasteiger partial charge in [0, 0.05) is 28.8 Å². The molecule has 1 N–H and O–H groups in total. The first kappa shape index (κ1) is 18.0. The van der Waals surface area contributed by atoms with Crippen molar-refractivity contribution in [1.82, 2.24) is 19.8 Å². The van der Waals surface area contributed by atoms with E-state index in [9.17, 15) is 4.79 Å². The lowest BCUT2D eigenvalue weighted by atomic mass is 9.97. The third kappa shape index (κ3) is 3.84. The summed E-state index contributed by atoms with van der Waals surface area (Å²) in [5.74, 6) is 1.36. The van der Waals surface area contributed by atoms with E-state index in [1.54, 1.807) is 22.7 Å². The molecule has 7 nitrogen and oxygen atoms in total. The van der Waals surface area contributed by atoms with Crippen molar-refractivity contribution in [2.45, 2.75) is 19.8 Å². The minimum absolute atomic E-state index is 0.0420. The molecule has 3 aromatic rings. The Bertz CT molecular complexity index is 984. The zero-order chi connectivity index (χ0) is 19.0. The van der Waals surface area contributed by atoms with Gasteiger partial charge in [-0.05, 0) is 50.1 Å². The summed E-state index contributed by atoms with van der Waals surface area (Å²) in [6, 6.07) is 8.82. The van der Waals surface area contributed by atoms with E-state index in [1.807, 2.05) is 19.1 Å². The fourth-order valence-electron chi connectivity index (χ4n) is 3.32. The van der Waals surface area contributed by atoms with Gasteiger partial charge in [0.1, 0.15) is 5.82 Å². The average Bonchev–Trinajstić information content (AvgIpc) is 3.01. The first-order valence-corrected chi connectivity index (χ1v) is 9.46. The molecule has 4 rings (SSSR count). The molecule has 1 saturated heterocycles. The molecule has 9 heteroatoms. The van der Waals surface area contributed by atoms with Crippen LogP contribution in [0.4, 0.5) is 11.5 Å². The Morgan fingerprint density at radius 1 is 1.19 bits per heavy atom. The highest BCUT2D eigenvalue weighted by Gasteiger charge is 2.27. The van der Waals surface area contributed by atoms with Crippen molar-refractivity contribution in [1.29, 1.82) is 0 Å². The first-order chi connectivity index (χ1) is 13.0. The summed E-state index contributed by atoms with van der Waals surface area (Å²) in [6.07, 6.45) is 1.74. The summed E-state index contributed by atoms with van der Waals surface area (Å²) >= 11 is 12.0. The molecule has 1 amide bonds. The Morgan fingerprint density at radius 2 is 1.96 bits per heavy atom. The summed E-state index contributed by atoms with van der Waals surface area (Å²) in [5.41, 5.74) is 1.31. The maximum atomic E-state index is 12.7. The molecule has 1 aromatic carbocycles. The van der Waals surface area contributed by atoms with Gasteiger partial charge in [0.25, 0.3) is 0 Å². The Morgan fingerprint density at radius 3 is 2.74 bits per heavy atom. The summed E-state index contributed by atoms with van der Waals surface area (Å²) in [5, 5.41) is 16.6. The van der Waals surface area contributed by atoms with Gasteiger partial charge in [-0.3, -0.25) is 4.79 Å². The Kier molecular flexibility index (Phi) is 4.88. The standard InChI is InChI=1S/C18H18Cl2N6O/c1-11-22-23-16-4-5-17(24-26(11)16)25-6-2-3-12(10-25)18(27)21-15-8-13(19)7-14(20)9-15/h4-5,7-9,12H,2-3,6,10H2,1H3,(H,21,27)/t12-/m1/s1. The van der Waals surface area contributed by atoms with Crippen molar-refractivity contribution in [2.75, 3.05) is 23.3 Å². The number of carbonyl (C=O) groups is 1. The van der Waals surface area contributed by atoms with E-state index in [4.69, 9.17) is 23.2 Å². The maximum Gasteiger partial charge on any atom is 0.229 e. The minimum atomic E-state index is -0.143. The molecule has 0 radical (unpaired) electrons. The van der Waals surface area contributed by atoms with Crippen LogP contribution in [0, 0.1) is 12.8 Å². The number of nitrogens with zero attached hydrogens (tertiary/aromatic N) is 5. The van der Waals surface area contributed by atoms with Gasteiger partial charge in [0.15, 0.2) is 11.5 Å². The van der Waals surface area contributed by atoms with Crippen LogP contribution in [-0.2, 0) is 4.79 Å². The van der Waals surface area contributed by atoms with Gasteiger partial charge in [-0.25, -0.2) is 0 Å². The van der Waals surface area contributed by atoms with E-state index in [-0.39, 0.29) is 11.8 Å². The van der Waals surface area contributed by atoms with Crippen LogP contribution in [0.15, 0.2) is 30.3 Å². The number of piperidine rings is 1. The Labute approximate surface area is 166 Å². The molecule has 0 unspecified atom stereocenters. The SMILES string of the molecule is Cc1nnc2ccc(N3CCC[C@@H](C(=O)Nc4cc(Cl)cc(Cl)c4)C3)nn12. The Hall–Kier alpha value is -2.38. The van der Waals surface area contributed by atoms with E-state index < -0.39 is 0 Å². The van der Waals surface area contributed by atoms with Crippen molar-refractivity contribution in [2.24, 2.45) is 5.92 Å². The van der Waals surface area contributed by atoms with Crippen LogP contribution in [0.5, 0.6) is 0 Å². The van der Waals surface area contributed by atoms with Crippen molar-refractivity contribution >= 4 is 46.3 Å². The second-order valence-electron chi connectivity index (χ2n) is 6.64. The molecule has 140 valence electrons. The molecule has 0 aliphatic carbocycles. The van der Waals surface area contributed by atoms with Gasteiger partial charge in [-0.1, -0.05) is 23.2 Å². The zero-order valence-corrected chi connectivity index (χ0v) is 16.2. The number of hydrogen-bond acceptors (Lipinski definition) is 5. The number of rotatable bonds is 3.